The summed E-state index contributed by atoms with van der Waals surface area (Å²) in [6.07, 6.45) is 0. The summed E-state index contributed by atoms with van der Waals surface area (Å²) in [6.45, 7) is 0. The topological polar surface area (TPSA) is 51.8 Å². The van der Waals surface area contributed by atoms with Crippen molar-refractivity contribution in [3.05, 3.63) is 188 Å². The van der Waals surface area contributed by atoms with Gasteiger partial charge in [0.1, 0.15) is 11.2 Å². The normalized spacial score (nSPS) is 11.6. The Kier molecular flexibility index (Phi) is 7.64. The van der Waals surface area contributed by atoms with Crippen molar-refractivity contribution in [2.24, 2.45) is 0 Å². The molecule has 0 radical (unpaired) electrons. The first kappa shape index (κ1) is 32.2. The van der Waals surface area contributed by atoms with E-state index in [1.165, 1.54) is 36.9 Å². The lowest BCUT2D eigenvalue weighted by atomic mass is 9.94. The monoisotopic (exact) mass is 733 g/mol. The largest absolute Gasteiger partial charge is 0.456 e. The van der Waals surface area contributed by atoms with Gasteiger partial charge in [0.15, 0.2) is 17.5 Å². The number of fused-ring (bicyclic) bond motifs is 6. The third-order valence-electron chi connectivity index (χ3n) is 10.6. The van der Waals surface area contributed by atoms with Crippen LogP contribution in [0.1, 0.15) is 0 Å². The van der Waals surface area contributed by atoms with Gasteiger partial charge in [-0.05, 0) is 69.8 Å². The van der Waals surface area contributed by atoms with Gasteiger partial charge in [0.25, 0.3) is 0 Å². The molecule has 0 fully saturated rings. The minimum Gasteiger partial charge on any atom is -0.456 e. The quantitative estimate of drug-likeness (QED) is 0.171. The number of hydrogen-bond acceptors (Lipinski definition) is 5. The van der Waals surface area contributed by atoms with E-state index in [0.29, 0.717) is 17.5 Å². The van der Waals surface area contributed by atoms with Crippen LogP contribution < -0.4 is 0 Å². The van der Waals surface area contributed by atoms with Crippen molar-refractivity contribution < 1.29 is 4.42 Å². The smallest absolute Gasteiger partial charge is 0.164 e. The molecule has 5 heteroatoms. The molecule has 4 nitrogen and oxygen atoms in total. The molecule has 11 aromatic rings. The van der Waals surface area contributed by atoms with Crippen LogP contribution >= 0.6 is 11.3 Å². The number of nitrogens with zero attached hydrogens (tertiary/aromatic N) is 3. The van der Waals surface area contributed by atoms with Gasteiger partial charge in [-0.3, -0.25) is 0 Å². The van der Waals surface area contributed by atoms with E-state index in [2.05, 4.69) is 140 Å². The Balaban J connectivity index is 1.09. The van der Waals surface area contributed by atoms with Crippen LogP contribution in [-0.2, 0) is 0 Å². The second-order valence-corrected chi connectivity index (χ2v) is 15.1. The molecule has 0 N–H and O–H groups in total. The van der Waals surface area contributed by atoms with Crippen LogP contribution in [0.4, 0.5) is 0 Å². The zero-order valence-corrected chi connectivity index (χ0v) is 30.9. The molecule has 0 aliphatic heterocycles. The number of benzene rings is 8. The van der Waals surface area contributed by atoms with Gasteiger partial charge in [0.2, 0.25) is 0 Å². The van der Waals surface area contributed by atoms with Crippen molar-refractivity contribution in [2.75, 3.05) is 0 Å². The summed E-state index contributed by atoms with van der Waals surface area (Å²) in [5.41, 5.74) is 11.4. The lowest BCUT2D eigenvalue weighted by molar-refractivity contribution is 0.669. The molecule has 0 spiro atoms. The van der Waals surface area contributed by atoms with E-state index in [0.717, 1.165) is 55.3 Å². The third kappa shape index (κ3) is 5.56. The van der Waals surface area contributed by atoms with E-state index < -0.39 is 0 Å². The Hall–Kier alpha value is -7.21. The van der Waals surface area contributed by atoms with Crippen LogP contribution in [0.15, 0.2) is 192 Å². The summed E-state index contributed by atoms with van der Waals surface area (Å²) in [6, 6.07) is 65.7. The average Bonchev–Trinajstić information content (AvgIpc) is 3.85. The standard InChI is InChI=1S/C51H31N3OS/c1-4-13-32(14-5-1)33-23-25-36(26-24-33)50-52-49(35-17-8-3-9-18-35)53-51(54-50)40-20-12-21-44-47(40)42-29-37(27-28-43(42)55-44)38-30-41(34-15-6-2-7-16-34)48-39-19-10-11-22-45(39)56-46(48)31-38/h1-31H. The highest BCUT2D eigenvalue weighted by molar-refractivity contribution is 7.26. The van der Waals surface area contributed by atoms with Crippen molar-refractivity contribution in [1.82, 2.24) is 15.0 Å². The molecule has 0 aliphatic rings. The van der Waals surface area contributed by atoms with Crippen molar-refractivity contribution in [2.45, 2.75) is 0 Å². The summed E-state index contributed by atoms with van der Waals surface area (Å²) in [5, 5.41) is 4.58. The van der Waals surface area contributed by atoms with E-state index in [9.17, 15) is 0 Å². The first-order valence-corrected chi connectivity index (χ1v) is 19.5. The van der Waals surface area contributed by atoms with Crippen molar-refractivity contribution in [1.29, 1.82) is 0 Å². The second kappa shape index (κ2) is 13.3. The van der Waals surface area contributed by atoms with Crippen molar-refractivity contribution in [3.63, 3.8) is 0 Å². The highest BCUT2D eigenvalue weighted by Gasteiger charge is 2.20. The molecule has 0 saturated carbocycles. The molecule has 56 heavy (non-hydrogen) atoms. The number of hydrogen-bond donors (Lipinski definition) is 0. The van der Waals surface area contributed by atoms with Crippen LogP contribution in [0.25, 0.3) is 110 Å². The average molecular weight is 734 g/mol. The van der Waals surface area contributed by atoms with Gasteiger partial charge in [0, 0.05) is 47.6 Å². The lowest BCUT2D eigenvalue weighted by Gasteiger charge is -2.11. The maximum absolute atomic E-state index is 6.52. The van der Waals surface area contributed by atoms with Crippen molar-refractivity contribution >= 4 is 53.4 Å². The van der Waals surface area contributed by atoms with E-state index >= 15 is 0 Å². The molecule has 8 aromatic carbocycles. The number of rotatable bonds is 6. The Morgan fingerprint density at radius 2 is 0.911 bits per heavy atom. The highest BCUT2D eigenvalue weighted by atomic mass is 32.1. The predicted octanol–water partition coefficient (Wildman–Crippen LogP) is 14.1. The molecule has 0 bridgehead atoms. The van der Waals surface area contributed by atoms with Crippen LogP contribution in [0.2, 0.25) is 0 Å². The molecular weight excluding hydrogens is 703 g/mol. The van der Waals surface area contributed by atoms with Gasteiger partial charge in [-0.15, -0.1) is 11.3 Å². The predicted molar refractivity (Wildman–Crippen MR) is 233 cm³/mol. The first-order valence-electron chi connectivity index (χ1n) is 18.7. The number of thiophene rings is 1. The van der Waals surface area contributed by atoms with E-state index in [1.807, 2.05) is 59.9 Å². The molecule has 3 aromatic heterocycles. The molecule has 11 rings (SSSR count). The zero-order valence-electron chi connectivity index (χ0n) is 30.1. The SMILES string of the molecule is c1ccc(-c2ccc(-c3nc(-c4ccccc4)nc(-c4cccc5oc6ccc(-c7cc(-c8ccccc8)c8c(c7)sc7ccccc78)cc6c45)n3)cc2)cc1. The fraction of sp³-hybridized carbons (Fsp3) is 0. The number of furan rings is 1. The molecule has 0 saturated heterocycles. The molecule has 0 aliphatic carbocycles. The summed E-state index contributed by atoms with van der Waals surface area (Å²) < 4.78 is 9.08. The Bertz CT molecular complexity index is 3230. The third-order valence-corrected chi connectivity index (χ3v) is 11.7. The van der Waals surface area contributed by atoms with E-state index in [1.54, 1.807) is 0 Å². The molecule has 3 heterocycles. The van der Waals surface area contributed by atoms with Gasteiger partial charge in [-0.2, -0.15) is 0 Å². The van der Waals surface area contributed by atoms with Crippen LogP contribution in [-0.4, -0.2) is 15.0 Å². The summed E-state index contributed by atoms with van der Waals surface area (Å²) in [5.74, 6) is 1.83. The van der Waals surface area contributed by atoms with Gasteiger partial charge in [0.05, 0.1) is 0 Å². The van der Waals surface area contributed by atoms with E-state index in [-0.39, 0.29) is 0 Å². The molecule has 0 atom stereocenters. The Morgan fingerprint density at radius 1 is 0.321 bits per heavy atom. The minimum atomic E-state index is 0.595. The second-order valence-electron chi connectivity index (χ2n) is 14.0. The fourth-order valence-electron chi connectivity index (χ4n) is 7.84. The Labute approximate surface area is 327 Å². The molecule has 262 valence electrons. The van der Waals surface area contributed by atoms with Crippen LogP contribution in [0.3, 0.4) is 0 Å². The molecular formula is C51H31N3OS. The van der Waals surface area contributed by atoms with Crippen LogP contribution in [0, 0.1) is 0 Å². The maximum Gasteiger partial charge on any atom is 0.164 e. The first-order chi connectivity index (χ1) is 27.7. The summed E-state index contributed by atoms with van der Waals surface area (Å²) >= 11 is 1.84. The summed E-state index contributed by atoms with van der Waals surface area (Å²) in [4.78, 5) is 15.3. The van der Waals surface area contributed by atoms with Gasteiger partial charge in [-0.25, -0.2) is 15.0 Å². The fourth-order valence-corrected chi connectivity index (χ4v) is 9.01. The van der Waals surface area contributed by atoms with Gasteiger partial charge in [-0.1, -0.05) is 152 Å². The van der Waals surface area contributed by atoms with Gasteiger partial charge >= 0.3 is 0 Å². The Morgan fingerprint density at radius 3 is 1.66 bits per heavy atom. The van der Waals surface area contributed by atoms with E-state index in [4.69, 9.17) is 19.4 Å². The zero-order chi connectivity index (χ0) is 37.0. The molecule has 0 unspecified atom stereocenters. The lowest BCUT2D eigenvalue weighted by Crippen LogP contribution is -2.00. The van der Waals surface area contributed by atoms with Crippen molar-refractivity contribution in [3.8, 4) is 67.5 Å². The highest BCUT2D eigenvalue weighted by Crippen LogP contribution is 2.44. The minimum absolute atomic E-state index is 0.595. The number of aromatic nitrogens is 3. The maximum atomic E-state index is 6.52. The van der Waals surface area contributed by atoms with Gasteiger partial charge < -0.3 is 4.42 Å². The molecule has 0 amide bonds. The van der Waals surface area contributed by atoms with Crippen LogP contribution in [0.5, 0.6) is 0 Å². The summed E-state index contributed by atoms with van der Waals surface area (Å²) in [7, 11) is 0.